The number of pyridine rings is 1. The fourth-order valence-electron chi connectivity index (χ4n) is 2.48. The van der Waals surface area contributed by atoms with Gasteiger partial charge in [0, 0.05) is 17.7 Å². The van der Waals surface area contributed by atoms with E-state index in [9.17, 15) is 14.4 Å². The normalized spacial score (nSPS) is 12.1. The van der Waals surface area contributed by atoms with Gasteiger partial charge in [-0.1, -0.05) is 12.1 Å². The molecule has 1 heterocycles. The summed E-state index contributed by atoms with van der Waals surface area (Å²) in [4.78, 5) is 41.6. The maximum absolute atomic E-state index is 12.9. The number of aliphatic carboxylic acids is 1. The molecule has 0 aliphatic carbocycles. The van der Waals surface area contributed by atoms with Gasteiger partial charge in [0.15, 0.2) is 5.82 Å². The van der Waals surface area contributed by atoms with Crippen LogP contribution in [0, 0.1) is 0 Å². The number of carbonyl (C=O) groups is 3. The summed E-state index contributed by atoms with van der Waals surface area (Å²) in [6, 6.07) is 6.81. The molecule has 1 aromatic carbocycles. The molecule has 1 N–H and O–H groups in total. The maximum Gasteiger partial charge on any atom is 0.425 e. The molecule has 2 amide bonds. The van der Waals surface area contributed by atoms with Crippen molar-refractivity contribution in [3.63, 3.8) is 0 Å². The smallest absolute Gasteiger partial charge is 0.425 e. The van der Waals surface area contributed by atoms with Crippen LogP contribution >= 0.6 is 0 Å². The summed E-state index contributed by atoms with van der Waals surface area (Å²) in [6.45, 7) is 10.1. The zero-order valence-electron chi connectivity index (χ0n) is 17.9. The molecule has 0 unspecified atom stereocenters. The van der Waals surface area contributed by atoms with Crippen molar-refractivity contribution in [2.75, 3.05) is 4.90 Å². The first-order chi connectivity index (χ1) is 13.8. The number of aromatic nitrogens is 1. The molecule has 160 valence electrons. The Kier molecular flexibility index (Phi) is 6.50. The molecule has 0 aliphatic rings. The minimum Gasteiger partial charge on any atom is -0.478 e. The summed E-state index contributed by atoms with van der Waals surface area (Å²) < 4.78 is 10.8. The molecule has 30 heavy (non-hydrogen) atoms. The van der Waals surface area contributed by atoms with Gasteiger partial charge in [-0.2, -0.15) is 4.90 Å². The van der Waals surface area contributed by atoms with Crippen molar-refractivity contribution in [1.82, 2.24) is 4.98 Å². The van der Waals surface area contributed by atoms with Crippen molar-refractivity contribution in [2.45, 2.75) is 52.7 Å². The molecule has 0 bridgehead atoms. The van der Waals surface area contributed by atoms with E-state index in [4.69, 9.17) is 14.6 Å². The molecule has 1 aromatic heterocycles. The van der Waals surface area contributed by atoms with Crippen LogP contribution in [0.15, 0.2) is 36.5 Å². The van der Waals surface area contributed by atoms with E-state index >= 15 is 0 Å². The third-order valence-corrected chi connectivity index (χ3v) is 3.55. The predicted molar refractivity (Wildman–Crippen MR) is 113 cm³/mol. The van der Waals surface area contributed by atoms with Crippen molar-refractivity contribution >= 4 is 40.8 Å². The van der Waals surface area contributed by atoms with Crippen LogP contribution in [0.2, 0.25) is 0 Å². The van der Waals surface area contributed by atoms with Crippen LogP contribution in [0.25, 0.3) is 16.8 Å². The third-order valence-electron chi connectivity index (χ3n) is 3.55. The van der Waals surface area contributed by atoms with Gasteiger partial charge < -0.3 is 14.6 Å². The maximum atomic E-state index is 12.9. The minimum absolute atomic E-state index is 0.0292. The quantitative estimate of drug-likeness (QED) is 0.704. The lowest BCUT2D eigenvalue weighted by Crippen LogP contribution is -2.44. The molecule has 0 fully saturated rings. The first-order valence-electron chi connectivity index (χ1n) is 9.33. The van der Waals surface area contributed by atoms with Crippen LogP contribution in [0.3, 0.4) is 0 Å². The number of ether oxygens (including phenoxy) is 2. The van der Waals surface area contributed by atoms with Gasteiger partial charge in [0.2, 0.25) is 0 Å². The van der Waals surface area contributed by atoms with Crippen molar-refractivity contribution < 1.29 is 29.0 Å². The summed E-state index contributed by atoms with van der Waals surface area (Å²) >= 11 is 0. The highest BCUT2D eigenvalue weighted by Gasteiger charge is 2.34. The Bertz CT molecular complexity index is 971. The van der Waals surface area contributed by atoms with E-state index in [1.807, 2.05) is 0 Å². The Labute approximate surface area is 175 Å². The van der Waals surface area contributed by atoms with E-state index in [2.05, 4.69) is 4.98 Å². The van der Waals surface area contributed by atoms with Crippen LogP contribution < -0.4 is 4.90 Å². The van der Waals surface area contributed by atoms with Gasteiger partial charge in [0.25, 0.3) is 0 Å². The van der Waals surface area contributed by atoms with Gasteiger partial charge in [0.1, 0.15) is 11.2 Å². The number of carboxylic acid groups (broad SMARTS) is 1. The molecular weight excluding hydrogens is 388 g/mol. The summed E-state index contributed by atoms with van der Waals surface area (Å²) in [5.74, 6) is -1.06. The number of fused-ring (bicyclic) bond motifs is 1. The van der Waals surface area contributed by atoms with E-state index in [1.54, 1.807) is 65.8 Å². The van der Waals surface area contributed by atoms with Gasteiger partial charge in [-0.25, -0.2) is 19.4 Å². The van der Waals surface area contributed by atoms with Crippen LogP contribution in [0.1, 0.15) is 47.1 Å². The molecule has 0 saturated heterocycles. The number of anilines is 1. The van der Waals surface area contributed by atoms with Gasteiger partial charge in [-0.15, -0.1) is 0 Å². The Morgan fingerprint density at radius 2 is 1.53 bits per heavy atom. The molecule has 2 rings (SSSR count). The Morgan fingerprint density at radius 3 is 2.03 bits per heavy atom. The number of rotatable bonds is 3. The lowest BCUT2D eigenvalue weighted by molar-refractivity contribution is -0.131. The van der Waals surface area contributed by atoms with E-state index in [1.165, 1.54) is 12.3 Å². The first kappa shape index (κ1) is 22.9. The van der Waals surface area contributed by atoms with Crippen molar-refractivity contribution in [1.29, 1.82) is 0 Å². The Balaban J connectivity index is 2.63. The summed E-state index contributed by atoms with van der Waals surface area (Å²) in [7, 11) is 0. The van der Waals surface area contributed by atoms with E-state index in [-0.39, 0.29) is 5.82 Å². The number of amides is 2. The van der Waals surface area contributed by atoms with E-state index < -0.39 is 29.4 Å². The van der Waals surface area contributed by atoms with Crippen LogP contribution in [-0.4, -0.2) is 39.4 Å². The number of benzene rings is 1. The lowest BCUT2D eigenvalue weighted by atomic mass is 10.1. The molecule has 0 saturated carbocycles. The van der Waals surface area contributed by atoms with Crippen molar-refractivity contribution in [3.05, 3.63) is 42.1 Å². The van der Waals surface area contributed by atoms with Crippen molar-refractivity contribution in [3.8, 4) is 0 Å². The predicted octanol–water partition coefficient (Wildman–Crippen LogP) is 5.01. The van der Waals surface area contributed by atoms with Gasteiger partial charge in [-0.3, -0.25) is 0 Å². The molecule has 8 heteroatoms. The van der Waals surface area contributed by atoms with Gasteiger partial charge >= 0.3 is 18.2 Å². The van der Waals surface area contributed by atoms with E-state index in [0.29, 0.717) is 16.3 Å². The van der Waals surface area contributed by atoms with Gasteiger partial charge in [-0.05, 0) is 70.7 Å². The number of imide groups is 1. The molecule has 8 nitrogen and oxygen atoms in total. The average Bonchev–Trinajstić information content (AvgIpc) is 2.57. The monoisotopic (exact) mass is 414 g/mol. The largest absolute Gasteiger partial charge is 0.478 e. The highest BCUT2D eigenvalue weighted by Crippen LogP contribution is 2.29. The highest BCUT2D eigenvalue weighted by molar-refractivity contribution is 6.14. The second-order valence-electron chi connectivity index (χ2n) is 8.58. The number of hydrogen-bond donors (Lipinski definition) is 1. The highest BCUT2D eigenvalue weighted by atomic mass is 16.6. The lowest BCUT2D eigenvalue weighted by Gasteiger charge is -2.28. The zero-order valence-corrected chi connectivity index (χ0v) is 17.9. The SMILES string of the molecule is CC(C)(C)OC(=O)N(C(=O)OC(C)(C)C)c1nccc2ccc(C=CC(=O)O)cc12. The molecule has 0 atom stereocenters. The Hall–Kier alpha value is -3.42. The minimum atomic E-state index is -1.09. The second-order valence-corrected chi connectivity index (χ2v) is 8.58. The number of carboxylic acids is 1. The zero-order chi connectivity index (χ0) is 22.7. The number of nitrogens with zero attached hydrogens (tertiary/aromatic N) is 2. The Morgan fingerprint density at radius 1 is 0.967 bits per heavy atom. The summed E-state index contributed by atoms with van der Waals surface area (Å²) in [5, 5.41) is 10.0. The number of carbonyl (C=O) groups excluding carboxylic acids is 2. The van der Waals surface area contributed by atoms with Crippen LogP contribution in [0.4, 0.5) is 15.4 Å². The van der Waals surface area contributed by atoms with Gasteiger partial charge in [0.05, 0.1) is 0 Å². The van der Waals surface area contributed by atoms with Crippen LogP contribution in [0.5, 0.6) is 0 Å². The number of hydrogen-bond acceptors (Lipinski definition) is 6. The summed E-state index contributed by atoms with van der Waals surface area (Å²) in [6.07, 6.45) is 2.01. The standard InChI is InChI=1S/C22H26N2O6/c1-21(2,3)29-19(27)24(20(28)30-22(4,5)6)18-16-13-14(8-10-17(25)26)7-9-15(16)11-12-23-18/h7-13H,1-6H3,(H,25,26). The van der Waals surface area contributed by atoms with Crippen molar-refractivity contribution in [2.24, 2.45) is 0 Å². The molecule has 0 radical (unpaired) electrons. The average molecular weight is 414 g/mol. The fourth-order valence-corrected chi connectivity index (χ4v) is 2.48. The fraction of sp³-hybridized carbons (Fsp3) is 0.364. The first-order valence-corrected chi connectivity index (χ1v) is 9.33. The molecule has 2 aromatic rings. The van der Waals surface area contributed by atoms with Crippen LogP contribution in [-0.2, 0) is 14.3 Å². The third kappa shape index (κ3) is 6.30. The molecule has 0 spiro atoms. The molecular formula is C22H26N2O6. The van der Waals surface area contributed by atoms with E-state index in [0.717, 1.165) is 11.0 Å². The molecule has 0 aliphatic heterocycles. The second kappa shape index (κ2) is 8.52. The topological polar surface area (TPSA) is 106 Å². The summed E-state index contributed by atoms with van der Waals surface area (Å²) in [5.41, 5.74) is -1.14.